The highest BCUT2D eigenvalue weighted by atomic mass is 32.1. The molecule has 0 saturated heterocycles. The van der Waals surface area contributed by atoms with Crippen LogP contribution in [0, 0.1) is 6.92 Å². The van der Waals surface area contributed by atoms with Crippen molar-refractivity contribution in [2.24, 2.45) is 0 Å². The smallest absolute Gasteiger partial charge is 0.261 e. The maximum absolute atomic E-state index is 12.6. The molecule has 1 aromatic carbocycles. The summed E-state index contributed by atoms with van der Waals surface area (Å²) in [5.41, 5.74) is 1.81. The Morgan fingerprint density at radius 2 is 1.93 bits per heavy atom. The van der Waals surface area contributed by atoms with Crippen LogP contribution >= 0.6 is 11.3 Å². The van der Waals surface area contributed by atoms with Crippen molar-refractivity contribution in [3.8, 4) is 11.4 Å². The molecule has 7 nitrogen and oxygen atoms in total. The highest BCUT2D eigenvalue weighted by Crippen LogP contribution is 2.23. The normalized spacial score (nSPS) is 10.9. The minimum atomic E-state index is -0.334. The molecule has 0 fully saturated rings. The van der Waals surface area contributed by atoms with Gasteiger partial charge in [0.1, 0.15) is 18.1 Å². The summed E-state index contributed by atoms with van der Waals surface area (Å²) in [4.78, 5) is 38.1. The van der Waals surface area contributed by atoms with Crippen molar-refractivity contribution < 1.29 is 4.79 Å². The number of aryl methyl sites for hydroxylation is 1. The second-order valence-electron chi connectivity index (χ2n) is 5.87. The van der Waals surface area contributed by atoms with Gasteiger partial charge in [-0.2, -0.15) is 0 Å². The Balaban J connectivity index is 1.55. The second kappa shape index (κ2) is 7.08. The van der Waals surface area contributed by atoms with Gasteiger partial charge < -0.3 is 5.32 Å². The highest BCUT2D eigenvalue weighted by molar-refractivity contribution is 7.14. The van der Waals surface area contributed by atoms with E-state index >= 15 is 0 Å². The van der Waals surface area contributed by atoms with Crippen molar-refractivity contribution in [2.75, 3.05) is 5.32 Å². The largest absolute Gasteiger partial charge is 0.300 e. The van der Waals surface area contributed by atoms with Crippen molar-refractivity contribution in [3.05, 3.63) is 70.2 Å². The third-order valence-corrected chi connectivity index (χ3v) is 4.79. The molecule has 0 aliphatic heterocycles. The molecular weight excluding hydrogens is 362 g/mol. The maximum Gasteiger partial charge on any atom is 0.261 e. The fraction of sp³-hybridized carbons (Fsp3) is 0.105. The molecule has 0 saturated carbocycles. The zero-order valence-electron chi connectivity index (χ0n) is 14.4. The number of hydrogen-bond donors (Lipinski definition) is 1. The quantitative estimate of drug-likeness (QED) is 0.591. The number of amides is 1. The molecule has 1 amide bonds. The van der Waals surface area contributed by atoms with Gasteiger partial charge in [-0.25, -0.2) is 9.97 Å². The summed E-state index contributed by atoms with van der Waals surface area (Å²) in [5.74, 6) is 0.154. The number of nitrogens with zero attached hydrogens (tertiary/aromatic N) is 4. The van der Waals surface area contributed by atoms with E-state index in [0.29, 0.717) is 27.6 Å². The Bertz CT molecular complexity index is 1180. The lowest BCUT2D eigenvalue weighted by molar-refractivity contribution is -0.116. The molecule has 0 atom stereocenters. The molecule has 27 heavy (non-hydrogen) atoms. The van der Waals surface area contributed by atoms with Crippen LogP contribution in [0.2, 0.25) is 0 Å². The number of hydrogen-bond acceptors (Lipinski definition) is 6. The minimum absolute atomic E-state index is 0.124. The standard InChI is InChI=1S/C19H15N5O2S/c1-12-21-14-7-3-2-6-13(14)18(26)24(12)10-17(25)23-19-22-16(11-27-19)15-8-4-5-9-20-15/h2-9,11H,10H2,1H3,(H,22,23,25). The number of anilines is 1. The Morgan fingerprint density at radius 3 is 2.74 bits per heavy atom. The number of para-hydroxylation sites is 1. The van der Waals surface area contributed by atoms with Gasteiger partial charge >= 0.3 is 0 Å². The van der Waals surface area contributed by atoms with Crippen LogP contribution in [0.4, 0.5) is 5.13 Å². The number of rotatable bonds is 4. The first-order chi connectivity index (χ1) is 13.1. The predicted octanol–water partition coefficient (Wildman–Crippen LogP) is 2.86. The summed E-state index contributed by atoms with van der Waals surface area (Å²) in [5, 5.41) is 5.51. The summed E-state index contributed by atoms with van der Waals surface area (Å²) in [6, 6.07) is 12.6. The molecular formula is C19H15N5O2S. The highest BCUT2D eigenvalue weighted by Gasteiger charge is 2.13. The molecule has 8 heteroatoms. The number of fused-ring (bicyclic) bond motifs is 1. The summed E-state index contributed by atoms with van der Waals surface area (Å²) >= 11 is 1.31. The van der Waals surface area contributed by atoms with E-state index in [2.05, 4.69) is 20.3 Å². The number of carbonyl (C=O) groups is 1. The van der Waals surface area contributed by atoms with Gasteiger partial charge in [-0.1, -0.05) is 18.2 Å². The number of aromatic nitrogens is 4. The van der Waals surface area contributed by atoms with Gasteiger partial charge in [-0.3, -0.25) is 19.1 Å². The van der Waals surface area contributed by atoms with Crippen LogP contribution in [-0.2, 0) is 11.3 Å². The van der Waals surface area contributed by atoms with Crippen LogP contribution in [0.5, 0.6) is 0 Å². The molecule has 0 aliphatic carbocycles. The molecule has 3 aromatic heterocycles. The topological polar surface area (TPSA) is 89.8 Å². The van der Waals surface area contributed by atoms with Crippen molar-refractivity contribution in [1.29, 1.82) is 0 Å². The van der Waals surface area contributed by atoms with E-state index in [9.17, 15) is 9.59 Å². The van der Waals surface area contributed by atoms with E-state index in [-0.39, 0.29) is 18.0 Å². The number of thiazole rings is 1. The molecule has 0 radical (unpaired) electrons. The van der Waals surface area contributed by atoms with Crippen molar-refractivity contribution in [1.82, 2.24) is 19.5 Å². The number of carbonyl (C=O) groups excluding carboxylic acids is 1. The SMILES string of the molecule is Cc1nc2ccccc2c(=O)n1CC(=O)Nc1nc(-c2ccccn2)cs1. The number of benzene rings is 1. The summed E-state index contributed by atoms with van der Waals surface area (Å²) in [7, 11) is 0. The number of nitrogens with one attached hydrogen (secondary N) is 1. The molecule has 4 rings (SSSR count). The summed E-state index contributed by atoms with van der Waals surface area (Å²) < 4.78 is 1.37. The molecule has 134 valence electrons. The third-order valence-electron chi connectivity index (χ3n) is 4.03. The molecule has 0 spiro atoms. The van der Waals surface area contributed by atoms with Gasteiger partial charge in [0, 0.05) is 11.6 Å². The monoisotopic (exact) mass is 377 g/mol. The Labute approximate surface area is 158 Å². The van der Waals surface area contributed by atoms with Crippen LogP contribution in [0.1, 0.15) is 5.82 Å². The van der Waals surface area contributed by atoms with Crippen LogP contribution in [-0.4, -0.2) is 25.4 Å². The molecule has 0 bridgehead atoms. The molecule has 0 aliphatic rings. The average molecular weight is 377 g/mol. The van der Waals surface area contributed by atoms with Crippen LogP contribution in [0.15, 0.2) is 58.8 Å². The third kappa shape index (κ3) is 3.47. The Kier molecular flexibility index (Phi) is 4.47. The van der Waals surface area contributed by atoms with Crippen molar-refractivity contribution >= 4 is 33.3 Å². The summed E-state index contributed by atoms with van der Waals surface area (Å²) in [6.45, 7) is 1.59. The van der Waals surface area contributed by atoms with Gasteiger partial charge in [-0.05, 0) is 31.2 Å². The van der Waals surface area contributed by atoms with Gasteiger partial charge in [0.05, 0.1) is 16.6 Å². The first kappa shape index (κ1) is 17.0. The van der Waals surface area contributed by atoms with E-state index in [0.717, 1.165) is 5.69 Å². The molecule has 4 aromatic rings. The Hall–Kier alpha value is -3.39. The van der Waals surface area contributed by atoms with Gasteiger partial charge in [0.2, 0.25) is 5.91 Å². The fourth-order valence-electron chi connectivity index (χ4n) is 2.73. The lowest BCUT2D eigenvalue weighted by Gasteiger charge is -2.10. The summed E-state index contributed by atoms with van der Waals surface area (Å²) in [6.07, 6.45) is 1.69. The Morgan fingerprint density at radius 1 is 1.11 bits per heavy atom. The first-order valence-corrected chi connectivity index (χ1v) is 9.13. The minimum Gasteiger partial charge on any atom is -0.300 e. The van der Waals surface area contributed by atoms with Crippen LogP contribution < -0.4 is 10.9 Å². The first-order valence-electron chi connectivity index (χ1n) is 8.25. The molecule has 1 N–H and O–H groups in total. The average Bonchev–Trinajstić information content (AvgIpc) is 3.14. The number of pyridine rings is 1. The van der Waals surface area contributed by atoms with Crippen LogP contribution in [0.25, 0.3) is 22.3 Å². The van der Waals surface area contributed by atoms with Gasteiger partial charge in [-0.15, -0.1) is 11.3 Å². The lowest BCUT2D eigenvalue weighted by Crippen LogP contribution is -2.30. The van der Waals surface area contributed by atoms with E-state index in [1.807, 2.05) is 29.6 Å². The van der Waals surface area contributed by atoms with E-state index < -0.39 is 0 Å². The van der Waals surface area contributed by atoms with E-state index in [1.54, 1.807) is 31.3 Å². The zero-order valence-corrected chi connectivity index (χ0v) is 15.2. The van der Waals surface area contributed by atoms with E-state index in [1.165, 1.54) is 15.9 Å². The van der Waals surface area contributed by atoms with Gasteiger partial charge in [0.25, 0.3) is 5.56 Å². The van der Waals surface area contributed by atoms with Crippen molar-refractivity contribution in [2.45, 2.75) is 13.5 Å². The zero-order chi connectivity index (χ0) is 18.8. The lowest BCUT2D eigenvalue weighted by atomic mass is 10.2. The fourth-order valence-corrected chi connectivity index (χ4v) is 3.45. The maximum atomic E-state index is 12.6. The molecule has 0 unspecified atom stereocenters. The van der Waals surface area contributed by atoms with E-state index in [4.69, 9.17) is 0 Å². The van der Waals surface area contributed by atoms with Crippen LogP contribution in [0.3, 0.4) is 0 Å². The van der Waals surface area contributed by atoms with Crippen molar-refractivity contribution in [3.63, 3.8) is 0 Å². The molecule has 3 heterocycles. The predicted molar refractivity (Wildman–Crippen MR) is 105 cm³/mol. The second-order valence-corrected chi connectivity index (χ2v) is 6.73. The van der Waals surface area contributed by atoms with Gasteiger partial charge in [0.15, 0.2) is 5.13 Å².